The van der Waals surface area contributed by atoms with E-state index >= 15 is 0 Å². The van der Waals surface area contributed by atoms with Gasteiger partial charge in [-0.2, -0.15) is 0 Å². The van der Waals surface area contributed by atoms with Crippen LogP contribution in [0.3, 0.4) is 0 Å². The van der Waals surface area contributed by atoms with Crippen molar-refractivity contribution in [2.75, 3.05) is 13.7 Å². The van der Waals surface area contributed by atoms with Gasteiger partial charge in [-0.1, -0.05) is 37.6 Å². The van der Waals surface area contributed by atoms with Crippen molar-refractivity contribution in [3.8, 4) is 0 Å². The highest BCUT2D eigenvalue weighted by atomic mass is 32.2. The zero-order valence-electron chi connectivity index (χ0n) is 14.9. The topological polar surface area (TPSA) is 18.5 Å². The molecule has 1 aromatic carbocycles. The molecule has 0 N–H and O–H groups in total. The number of hydrogen-bond acceptors (Lipinski definition) is 3. The minimum absolute atomic E-state index is 0.0499. The molecule has 3 heteroatoms. The number of thioether (sulfide) groups is 1. The Kier molecular flexibility index (Phi) is 6.75. The highest BCUT2D eigenvalue weighted by Crippen LogP contribution is 2.42. The summed E-state index contributed by atoms with van der Waals surface area (Å²) < 4.78 is 12.0. The summed E-state index contributed by atoms with van der Waals surface area (Å²) >= 11 is 1.95. The Morgan fingerprint density at radius 2 is 2.09 bits per heavy atom. The zero-order chi connectivity index (χ0) is 16.9. The average Bonchev–Trinajstić information content (AvgIpc) is 2.55. The van der Waals surface area contributed by atoms with Gasteiger partial charge in [0.1, 0.15) is 0 Å². The molecule has 0 aromatic heterocycles. The molecule has 1 aliphatic heterocycles. The zero-order valence-corrected chi connectivity index (χ0v) is 15.7. The summed E-state index contributed by atoms with van der Waals surface area (Å²) in [6, 6.07) is 8.80. The lowest BCUT2D eigenvalue weighted by molar-refractivity contribution is -0.110. The van der Waals surface area contributed by atoms with Crippen LogP contribution in [0.1, 0.15) is 38.7 Å². The van der Waals surface area contributed by atoms with Gasteiger partial charge in [0.2, 0.25) is 0 Å². The number of aryl methyl sites for hydroxylation is 1. The molecule has 1 aromatic rings. The average molecular weight is 335 g/mol. The Morgan fingerprint density at radius 1 is 1.39 bits per heavy atom. The summed E-state index contributed by atoms with van der Waals surface area (Å²) in [5, 5.41) is 0.462. The second-order valence-corrected chi connectivity index (χ2v) is 8.29. The van der Waals surface area contributed by atoms with Gasteiger partial charge in [0.15, 0.2) is 0 Å². The van der Waals surface area contributed by atoms with Crippen LogP contribution in [0.5, 0.6) is 0 Å². The monoisotopic (exact) mass is 334 g/mol. The maximum atomic E-state index is 6.25. The van der Waals surface area contributed by atoms with Crippen LogP contribution in [0.25, 0.3) is 0 Å². The van der Waals surface area contributed by atoms with Crippen LogP contribution < -0.4 is 0 Å². The van der Waals surface area contributed by atoms with E-state index in [-0.39, 0.29) is 17.6 Å². The Labute approximate surface area is 145 Å². The van der Waals surface area contributed by atoms with Gasteiger partial charge < -0.3 is 9.47 Å². The number of methoxy groups -OCH3 is 1. The lowest BCUT2D eigenvalue weighted by atomic mass is 9.76. The normalized spacial score (nSPS) is 23.5. The maximum Gasteiger partial charge on any atom is 0.0772 e. The number of rotatable bonds is 7. The van der Waals surface area contributed by atoms with Gasteiger partial charge >= 0.3 is 0 Å². The fraction of sp³-hybridized carbons (Fsp3) is 0.600. The summed E-state index contributed by atoms with van der Waals surface area (Å²) in [5.41, 5.74) is 1.25. The van der Waals surface area contributed by atoms with Gasteiger partial charge in [-0.05, 0) is 38.3 Å². The first kappa shape index (κ1) is 18.6. The highest BCUT2D eigenvalue weighted by Gasteiger charge is 2.43. The van der Waals surface area contributed by atoms with Gasteiger partial charge in [-0.3, -0.25) is 0 Å². The van der Waals surface area contributed by atoms with E-state index in [0.717, 1.165) is 19.4 Å². The van der Waals surface area contributed by atoms with Crippen molar-refractivity contribution in [2.24, 2.45) is 5.41 Å². The van der Waals surface area contributed by atoms with Crippen molar-refractivity contribution in [3.63, 3.8) is 0 Å². The van der Waals surface area contributed by atoms with Crippen LogP contribution in [0, 0.1) is 12.3 Å². The summed E-state index contributed by atoms with van der Waals surface area (Å²) in [4.78, 5) is 1.32. The Balaban J connectivity index is 2.16. The van der Waals surface area contributed by atoms with Gasteiger partial charge in [-0.15, -0.1) is 18.3 Å². The van der Waals surface area contributed by atoms with Crippen LogP contribution in [0.15, 0.2) is 41.8 Å². The lowest BCUT2D eigenvalue weighted by Gasteiger charge is -2.45. The molecule has 2 rings (SSSR count). The van der Waals surface area contributed by atoms with Crippen LogP contribution >= 0.6 is 11.8 Å². The summed E-state index contributed by atoms with van der Waals surface area (Å²) in [6.45, 7) is 11.4. The standard InChI is InChI=1S/C20H30O2S/c1-6-8-18(21-5)20(3,4)19-17(9-7-14-22-19)23-16-12-10-15(2)11-13-16/h6,10-13,17-19H,1,7-9,14H2,2-5H3/t17-,18-,19-/m1/s1. The second kappa shape index (κ2) is 8.36. The third kappa shape index (κ3) is 4.62. The number of hydrogen-bond donors (Lipinski definition) is 0. The minimum atomic E-state index is -0.0499. The third-order valence-electron chi connectivity index (χ3n) is 4.80. The Morgan fingerprint density at radius 3 is 2.70 bits per heavy atom. The van der Waals surface area contributed by atoms with Crippen molar-refractivity contribution in [2.45, 2.75) is 62.4 Å². The molecule has 3 atom stereocenters. The van der Waals surface area contributed by atoms with E-state index in [1.165, 1.54) is 16.9 Å². The number of ether oxygens (including phenoxy) is 2. The molecule has 2 nitrogen and oxygen atoms in total. The van der Waals surface area contributed by atoms with E-state index in [4.69, 9.17) is 9.47 Å². The van der Waals surface area contributed by atoms with Crippen molar-refractivity contribution in [1.29, 1.82) is 0 Å². The molecule has 1 heterocycles. The SMILES string of the molecule is C=CC[C@@H](OC)C(C)(C)[C@@H]1OCCC[C@H]1Sc1ccc(C)cc1. The van der Waals surface area contributed by atoms with E-state index in [2.05, 4.69) is 51.6 Å². The van der Waals surface area contributed by atoms with E-state index in [1.807, 2.05) is 17.8 Å². The fourth-order valence-electron chi connectivity index (χ4n) is 3.40. The lowest BCUT2D eigenvalue weighted by Crippen LogP contribution is -2.49. The Bertz CT molecular complexity index is 495. The van der Waals surface area contributed by atoms with Crippen molar-refractivity contribution in [3.05, 3.63) is 42.5 Å². The van der Waals surface area contributed by atoms with Gasteiger partial charge in [0.25, 0.3) is 0 Å². The molecule has 0 radical (unpaired) electrons. The molecular weight excluding hydrogens is 304 g/mol. The molecule has 0 amide bonds. The molecule has 0 spiro atoms. The molecule has 0 aliphatic carbocycles. The quantitative estimate of drug-likeness (QED) is 0.634. The van der Waals surface area contributed by atoms with Crippen molar-refractivity contribution >= 4 is 11.8 Å². The predicted molar refractivity (Wildman–Crippen MR) is 99.2 cm³/mol. The highest BCUT2D eigenvalue weighted by molar-refractivity contribution is 8.00. The molecule has 0 unspecified atom stereocenters. The fourth-order valence-corrected chi connectivity index (χ4v) is 4.88. The molecule has 0 saturated carbocycles. The van der Waals surface area contributed by atoms with Gasteiger partial charge in [-0.25, -0.2) is 0 Å². The molecule has 1 saturated heterocycles. The largest absolute Gasteiger partial charge is 0.380 e. The van der Waals surface area contributed by atoms with Crippen LogP contribution in [0.2, 0.25) is 0 Å². The van der Waals surface area contributed by atoms with Crippen LogP contribution in [-0.2, 0) is 9.47 Å². The van der Waals surface area contributed by atoms with E-state index in [9.17, 15) is 0 Å². The van der Waals surface area contributed by atoms with Gasteiger partial charge in [0, 0.05) is 29.3 Å². The minimum Gasteiger partial charge on any atom is -0.380 e. The molecule has 1 aliphatic rings. The van der Waals surface area contributed by atoms with Crippen LogP contribution in [-0.4, -0.2) is 31.2 Å². The van der Waals surface area contributed by atoms with Crippen molar-refractivity contribution < 1.29 is 9.47 Å². The smallest absolute Gasteiger partial charge is 0.0772 e. The second-order valence-electron chi connectivity index (χ2n) is 6.97. The molecule has 1 fully saturated rings. The van der Waals surface area contributed by atoms with Crippen molar-refractivity contribution in [1.82, 2.24) is 0 Å². The van der Waals surface area contributed by atoms with Gasteiger partial charge in [0.05, 0.1) is 12.2 Å². The summed E-state index contributed by atoms with van der Waals surface area (Å²) in [6.07, 6.45) is 5.44. The first-order chi connectivity index (χ1) is 11.0. The maximum absolute atomic E-state index is 6.25. The first-order valence-electron chi connectivity index (χ1n) is 8.47. The summed E-state index contributed by atoms with van der Waals surface area (Å²) in [7, 11) is 1.79. The molecule has 0 bridgehead atoms. The van der Waals surface area contributed by atoms with E-state index < -0.39 is 0 Å². The first-order valence-corrected chi connectivity index (χ1v) is 9.35. The predicted octanol–water partition coefficient (Wildman–Crippen LogP) is 5.25. The van der Waals surface area contributed by atoms with E-state index in [1.54, 1.807) is 7.11 Å². The summed E-state index contributed by atoms with van der Waals surface area (Å²) in [5.74, 6) is 0. The van der Waals surface area contributed by atoms with Crippen LogP contribution in [0.4, 0.5) is 0 Å². The van der Waals surface area contributed by atoms with E-state index in [0.29, 0.717) is 5.25 Å². The molecular formula is C20H30O2S. The number of benzene rings is 1. The molecule has 128 valence electrons. The molecule has 23 heavy (non-hydrogen) atoms. The Hall–Kier alpha value is -0.770. The third-order valence-corrected chi connectivity index (χ3v) is 6.13.